The number of fused-ring (bicyclic) bond motifs is 2. The number of sulfonamides is 1. The molecule has 2 aliphatic heterocycles. The summed E-state index contributed by atoms with van der Waals surface area (Å²) < 4.78 is 28.1. The fourth-order valence-electron chi connectivity index (χ4n) is 6.61. The maximum atomic E-state index is 14.1. The van der Waals surface area contributed by atoms with Gasteiger partial charge in [-0.2, -0.15) is 8.42 Å². The first-order chi connectivity index (χ1) is 17.9. The second-order valence-corrected chi connectivity index (χ2v) is 13.0. The van der Waals surface area contributed by atoms with Crippen molar-refractivity contribution in [2.24, 2.45) is 0 Å². The van der Waals surface area contributed by atoms with Gasteiger partial charge in [0.2, 0.25) is 0 Å². The predicted octanol–water partition coefficient (Wildman–Crippen LogP) is 5.42. The average Bonchev–Trinajstić information content (AvgIpc) is 3.19. The topological polar surface area (TPSA) is 49.4 Å². The monoisotopic (exact) mass is 518 g/mol. The van der Waals surface area contributed by atoms with Gasteiger partial charge < -0.3 is 5.32 Å². The largest absolute Gasteiger partial charge is 0.317 e. The number of rotatable bonds is 9. The van der Waals surface area contributed by atoms with Crippen molar-refractivity contribution in [3.05, 3.63) is 102 Å². The minimum atomic E-state index is -3.55. The Labute approximate surface area is 222 Å². The standard InChI is InChI=1S/C31H40N3O2S/c1-26(12-11-17-27-13-5-3-6-14-27)33(24-28-15-7-4-8-16-28)34(37(2,35)36)25-31(20-22-32-23-21-31)29-18-9-10-19-30(29)34/h3-10,13-16,18-19,26,32H,11-12,17,20-25H2,1-2H3/q+1. The molecule has 0 saturated carbocycles. The minimum Gasteiger partial charge on any atom is -0.317 e. The highest BCUT2D eigenvalue weighted by Crippen LogP contribution is 2.53. The molecule has 37 heavy (non-hydrogen) atoms. The summed E-state index contributed by atoms with van der Waals surface area (Å²) >= 11 is 0. The van der Waals surface area contributed by atoms with Crippen molar-refractivity contribution in [2.75, 3.05) is 25.9 Å². The highest BCUT2D eigenvalue weighted by molar-refractivity contribution is 7.90. The lowest BCUT2D eigenvalue weighted by Gasteiger charge is -2.45. The molecule has 1 fully saturated rings. The molecule has 5 nitrogen and oxygen atoms in total. The molecule has 0 aliphatic carbocycles. The molecule has 196 valence electrons. The number of hydrogen-bond acceptors (Lipinski definition) is 4. The number of nitrogens with one attached hydrogen (secondary N) is 1. The van der Waals surface area contributed by atoms with Crippen molar-refractivity contribution in [1.29, 1.82) is 0 Å². The summed E-state index contributed by atoms with van der Waals surface area (Å²) in [5.74, 6) is 0. The zero-order chi connectivity index (χ0) is 25.9. The van der Waals surface area contributed by atoms with Gasteiger partial charge in [-0.15, -0.1) is 9.01 Å². The summed E-state index contributed by atoms with van der Waals surface area (Å²) in [6, 6.07) is 29.3. The van der Waals surface area contributed by atoms with Gasteiger partial charge >= 0.3 is 10.0 Å². The molecule has 0 aromatic heterocycles. The molecule has 0 bridgehead atoms. The van der Waals surface area contributed by atoms with Crippen LogP contribution in [0.1, 0.15) is 49.3 Å². The van der Waals surface area contributed by atoms with Gasteiger partial charge in [0.25, 0.3) is 0 Å². The number of nitrogens with zero attached hydrogens (tertiary/aromatic N) is 2. The highest BCUT2D eigenvalue weighted by Gasteiger charge is 2.62. The number of aryl methyl sites for hydroxylation is 1. The summed E-state index contributed by atoms with van der Waals surface area (Å²) in [6.45, 7) is 5.22. The molecule has 3 aromatic carbocycles. The predicted molar refractivity (Wildman–Crippen MR) is 153 cm³/mol. The van der Waals surface area contributed by atoms with E-state index in [2.05, 4.69) is 77.9 Å². The summed E-state index contributed by atoms with van der Waals surface area (Å²) in [4.78, 5) is 0. The molecule has 1 saturated heterocycles. The van der Waals surface area contributed by atoms with E-state index in [1.54, 1.807) is 0 Å². The van der Waals surface area contributed by atoms with E-state index in [-0.39, 0.29) is 15.5 Å². The second-order valence-electron chi connectivity index (χ2n) is 11.0. The zero-order valence-electron chi connectivity index (χ0n) is 22.1. The SMILES string of the molecule is CC(CCCc1ccccc1)N(Cc1ccccc1)[N+]1(S(C)(=O)=O)CC2(CCNCC2)c2ccccc21. The fraction of sp³-hybridized carbons (Fsp3) is 0.419. The third-order valence-electron chi connectivity index (χ3n) is 8.52. The Morgan fingerprint density at radius 3 is 2.14 bits per heavy atom. The van der Waals surface area contributed by atoms with E-state index in [1.165, 1.54) is 17.4 Å². The molecule has 0 amide bonds. The van der Waals surface area contributed by atoms with E-state index in [0.29, 0.717) is 13.1 Å². The van der Waals surface area contributed by atoms with Crippen LogP contribution in [-0.2, 0) is 28.4 Å². The quantitative estimate of drug-likeness (QED) is 0.385. The molecule has 5 rings (SSSR count). The van der Waals surface area contributed by atoms with Gasteiger partial charge in [-0.25, -0.2) is 0 Å². The number of benzene rings is 3. The van der Waals surface area contributed by atoms with Crippen molar-refractivity contribution < 1.29 is 8.42 Å². The van der Waals surface area contributed by atoms with Gasteiger partial charge in [-0.3, -0.25) is 0 Å². The molecule has 2 atom stereocenters. The molecule has 2 aliphatic rings. The number of piperidine rings is 1. The van der Waals surface area contributed by atoms with Crippen molar-refractivity contribution >= 4 is 15.7 Å². The van der Waals surface area contributed by atoms with Crippen molar-refractivity contribution in [2.45, 2.75) is 57.0 Å². The van der Waals surface area contributed by atoms with E-state index in [1.807, 2.05) is 24.3 Å². The van der Waals surface area contributed by atoms with Crippen molar-refractivity contribution in [3.8, 4) is 0 Å². The summed E-state index contributed by atoms with van der Waals surface area (Å²) in [6.07, 6.45) is 6.29. The normalized spacial score (nSPS) is 21.7. The lowest BCUT2D eigenvalue weighted by Crippen LogP contribution is -2.67. The smallest absolute Gasteiger partial charge is 0.317 e. The van der Waals surface area contributed by atoms with Crippen LogP contribution in [0.5, 0.6) is 0 Å². The van der Waals surface area contributed by atoms with Gasteiger partial charge in [0.15, 0.2) is 5.69 Å². The van der Waals surface area contributed by atoms with E-state index in [4.69, 9.17) is 0 Å². The van der Waals surface area contributed by atoms with Crippen LogP contribution in [0.15, 0.2) is 84.9 Å². The lowest BCUT2D eigenvalue weighted by molar-refractivity contribution is 0.00610. The van der Waals surface area contributed by atoms with E-state index in [9.17, 15) is 8.42 Å². The Morgan fingerprint density at radius 1 is 0.892 bits per heavy atom. The second kappa shape index (κ2) is 10.7. The maximum Gasteiger partial charge on any atom is 0.317 e. The molecule has 2 heterocycles. The first kappa shape index (κ1) is 26.1. The fourth-order valence-corrected chi connectivity index (χ4v) is 8.21. The molecular weight excluding hydrogens is 478 g/mol. The van der Waals surface area contributed by atoms with E-state index in [0.717, 1.165) is 56.4 Å². The van der Waals surface area contributed by atoms with Crippen LogP contribution in [0.25, 0.3) is 0 Å². The molecular formula is C31H40N3O2S+. The summed E-state index contributed by atoms with van der Waals surface area (Å²) in [5, 5.41) is 5.78. The van der Waals surface area contributed by atoms with Gasteiger partial charge in [0.05, 0.1) is 24.3 Å². The minimum absolute atomic E-state index is 0.0727. The van der Waals surface area contributed by atoms with Crippen LogP contribution in [0, 0.1) is 0 Å². The molecule has 3 aromatic rings. The maximum absolute atomic E-state index is 14.1. The Kier molecular flexibility index (Phi) is 7.55. The van der Waals surface area contributed by atoms with E-state index < -0.39 is 10.0 Å². The van der Waals surface area contributed by atoms with Crippen LogP contribution in [0.2, 0.25) is 0 Å². The molecule has 0 radical (unpaired) electrons. The first-order valence-electron chi connectivity index (χ1n) is 13.6. The Hall–Kier alpha value is -2.51. The average molecular weight is 519 g/mol. The number of para-hydroxylation sites is 1. The number of quaternary nitrogens is 1. The lowest BCUT2D eigenvalue weighted by atomic mass is 9.75. The first-order valence-corrected chi connectivity index (χ1v) is 15.4. The van der Waals surface area contributed by atoms with Crippen molar-refractivity contribution in [1.82, 2.24) is 14.3 Å². The van der Waals surface area contributed by atoms with E-state index >= 15 is 0 Å². The molecule has 1 spiro atoms. The van der Waals surface area contributed by atoms with Gasteiger partial charge in [0.1, 0.15) is 6.54 Å². The van der Waals surface area contributed by atoms with Gasteiger partial charge in [0, 0.05) is 11.6 Å². The van der Waals surface area contributed by atoms with Gasteiger partial charge in [-0.05, 0) is 63.2 Å². The highest BCUT2D eigenvalue weighted by atomic mass is 32.2. The summed E-state index contributed by atoms with van der Waals surface area (Å²) in [5.41, 5.74) is 4.50. The van der Waals surface area contributed by atoms with Crippen LogP contribution < -0.4 is 9.31 Å². The summed E-state index contributed by atoms with van der Waals surface area (Å²) in [7, 11) is -3.55. The van der Waals surface area contributed by atoms with Crippen LogP contribution in [-0.4, -0.2) is 45.4 Å². The van der Waals surface area contributed by atoms with Crippen LogP contribution in [0.3, 0.4) is 0 Å². The van der Waals surface area contributed by atoms with Crippen LogP contribution >= 0.6 is 0 Å². The molecule has 2 unspecified atom stereocenters. The zero-order valence-corrected chi connectivity index (χ0v) is 23.0. The third kappa shape index (κ3) is 5.00. The molecule has 6 heteroatoms. The Balaban J connectivity index is 1.56. The Bertz CT molecular complexity index is 1290. The molecule has 1 N–H and O–H groups in total. The van der Waals surface area contributed by atoms with Crippen LogP contribution in [0.4, 0.5) is 5.69 Å². The third-order valence-corrected chi connectivity index (χ3v) is 10.2. The van der Waals surface area contributed by atoms with Gasteiger partial charge in [-0.1, -0.05) is 78.9 Å². The number of hydrogen-bond donors (Lipinski definition) is 1. The Morgan fingerprint density at radius 2 is 1.49 bits per heavy atom. The van der Waals surface area contributed by atoms with Crippen molar-refractivity contribution in [3.63, 3.8) is 0 Å².